The van der Waals surface area contributed by atoms with Crippen molar-refractivity contribution in [1.29, 1.82) is 5.26 Å². The van der Waals surface area contributed by atoms with Crippen molar-refractivity contribution in [3.63, 3.8) is 0 Å². The van der Waals surface area contributed by atoms with Crippen LogP contribution in [0.15, 0.2) is 18.2 Å². The smallest absolute Gasteiger partial charge is 0.124 e. The van der Waals surface area contributed by atoms with Crippen molar-refractivity contribution in [2.45, 2.75) is 25.8 Å². The molecule has 0 radical (unpaired) electrons. The Morgan fingerprint density at radius 3 is 2.64 bits per heavy atom. The van der Waals surface area contributed by atoms with Gasteiger partial charge in [-0.1, -0.05) is 6.92 Å². The highest BCUT2D eigenvalue weighted by Crippen LogP contribution is 2.23. The first kappa shape index (κ1) is 10.7. The second kappa shape index (κ2) is 3.77. The molecule has 0 bridgehead atoms. The number of nitrogens with zero attached hydrogens (tertiary/aromatic N) is 1. The Bertz CT molecular complexity index is 377. The van der Waals surface area contributed by atoms with E-state index in [-0.39, 0.29) is 0 Å². The Labute approximate surface area is 83.2 Å². The fourth-order valence-electron chi connectivity index (χ4n) is 1.19. The molecular formula is C11H13FN2. The normalized spacial score (nSPS) is 14.5. The summed E-state index contributed by atoms with van der Waals surface area (Å²) in [7, 11) is 0. The van der Waals surface area contributed by atoms with E-state index in [9.17, 15) is 4.39 Å². The van der Waals surface area contributed by atoms with Crippen LogP contribution >= 0.6 is 0 Å². The van der Waals surface area contributed by atoms with Gasteiger partial charge in [0.05, 0.1) is 11.6 Å². The standard InChI is InChI=1S/C11H13FN2/c1-3-11(2,14)9-4-8(7-13)5-10(12)6-9/h4-6H,3,14H2,1-2H3. The summed E-state index contributed by atoms with van der Waals surface area (Å²) in [4.78, 5) is 0. The van der Waals surface area contributed by atoms with Gasteiger partial charge in [-0.2, -0.15) is 5.26 Å². The van der Waals surface area contributed by atoms with Crippen LogP contribution in [-0.2, 0) is 5.54 Å². The van der Waals surface area contributed by atoms with Gasteiger partial charge in [0.2, 0.25) is 0 Å². The van der Waals surface area contributed by atoms with Gasteiger partial charge < -0.3 is 5.73 Å². The van der Waals surface area contributed by atoms with Gasteiger partial charge >= 0.3 is 0 Å². The summed E-state index contributed by atoms with van der Waals surface area (Å²) < 4.78 is 13.1. The predicted octanol–water partition coefficient (Wildman–Crippen LogP) is 2.28. The molecule has 2 N–H and O–H groups in total. The molecule has 0 saturated heterocycles. The summed E-state index contributed by atoms with van der Waals surface area (Å²) in [6, 6.07) is 6.12. The number of benzene rings is 1. The quantitative estimate of drug-likeness (QED) is 0.781. The minimum atomic E-state index is -0.576. The lowest BCUT2D eigenvalue weighted by molar-refractivity contribution is 0.472. The average Bonchev–Trinajstić information content (AvgIpc) is 2.16. The van der Waals surface area contributed by atoms with Crippen LogP contribution in [0.5, 0.6) is 0 Å². The maximum atomic E-state index is 13.1. The molecular weight excluding hydrogens is 179 g/mol. The molecule has 0 aliphatic carbocycles. The minimum Gasteiger partial charge on any atom is -0.322 e. The molecule has 0 fully saturated rings. The fourth-order valence-corrected chi connectivity index (χ4v) is 1.19. The van der Waals surface area contributed by atoms with Crippen LogP contribution < -0.4 is 5.73 Å². The Hall–Kier alpha value is -1.40. The Morgan fingerprint density at radius 2 is 2.14 bits per heavy atom. The Balaban J connectivity index is 3.24. The van der Waals surface area contributed by atoms with Gasteiger partial charge in [-0.25, -0.2) is 4.39 Å². The van der Waals surface area contributed by atoms with Crippen LogP contribution in [0.1, 0.15) is 31.4 Å². The monoisotopic (exact) mass is 192 g/mol. The maximum Gasteiger partial charge on any atom is 0.124 e. The lowest BCUT2D eigenvalue weighted by Gasteiger charge is -2.23. The van der Waals surface area contributed by atoms with Crippen molar-refractivity contribution in [2.24, 2.45) is 5.73 Å². The molecule has 0 aliphatic heterocycles. The fraction of sp³-hybridized carbons (Fsp3) is 0.364. The number of hydrogen-bond acceptors (Lipinski definition) is 2. The van der Waals surface area contributed by atoms with Crippen LogP contribution in [0.3, 0.4) is 0 Å². The third kappa shape index (κ3) is 2.09. The van der Waals surface area contributed by atoms with E-state index in [0.717, 1.165) is 0 Å². The highest BCUT2D eigenvalue weighted by Gasteiger charge is 2.19. The SMILES string of the molecule is CCC(C)(N)c1cc(F)cc(C#N)c1. The van der Waals surface area contributed by atoms with Crippen molar-refractivity contribution < 1.29 is 4.39 Å². The molecule has 0 spiro atoms. The topological polar surface area (TPSA) is 49.8 Å². The molecule has 0 amide bonds. The lowest BCUT2D eigenvalue weighted by atomic mass is 9.89. The van der Waals surface area contributed by atoms with E-state index >= 15 is 0 Å². The second-order valence-corrected chi connectivity index (χ2v) is 3.61. The molecule has 3 heteroatoms. The van der Waals surface area contributed by atoms with E-state index in [1.807, 2.05) is 19.9 Å². The highest BCUT2D eigenvalue weighted by molar-refractivity contribution is 5.36. The van der Waals surface area contributed by atoms with E-state index in [1.165, 1.54) is 12.1 Å². The molecule has 74 valence electrons. The highest BCUT2D eigenvalue weighted by atomic mass is 19.1. The van der Waals surface area contributed by atoms with Crippen molar-refractivity contribution in [3.8, 4) is 6.07 Å². The summed E-state index contributed by atoms with van der Waals surface area (Å²) >= 11 is 0. The van der Waals surface area contributed by atoms with Gasteiger partial charge in [0.1, 0.15) is 5.82 Å². The average molecular weight is 192 g/mol. The largest absolute Gasteiger partial charge is 0.322 e. The third-order valence-electron chi connectivity index (χ3n) is 2.42. The van der Waals surface area contributed by atoms with Gasteiger partial charge in [-0.05, 0) is 37.1 Å². The number of halogens is 1. The summed E-state index contributed by atoms with van der Waals surface area (Å²) in [5, 5.41) is 8.67. The number of nitrogens with two attached hydrogens (primary N) is 1. The molecule has 14 heavy (non-hydrogen) atoms. The zero-order valence-corrected chi connectivity index (χ0v) is 8.34. The molecule has 1 atom stereocenters. The molecule has 0 aromatic heterocycles. The molecule has 2 nitrogen and oxygen atoms in total. The van der Waals surface area contributed by atoms with E-state index in [2.05, 4.69) is 0 Å². The number of rotatable bonds is 2. The third-order valence-corrected chi connectivity index (χ3v) is 2.42. The zero-order chi connectivity index (χ0) is 10.8. The minimum absolute atomic E-state index is 0.310. The maximum absolute atomic E-state index is 13.1. The van der Waals surface area contributed by atoms with E-state index < -0.39 is 11.4 Å². The Morgan fingerprint density at radius 1 is 1.50 bits per heavy atom. The second-order valence-electron chi connectivity index (χ2n) is 3.61. The van der Waals surface area contributed by atoms with Gasteiger partial charge in [0.25, 0.3) is 0 Å². The van der Waals surface area contributed by atoms with Gasteiger partial charge in [0, 0.05) is 5.54 Å². The van der Waals surface area contributed by atoms with Gasteiger partial charge in [-0.3, -0.25) is 0 Å². The summed E-state index contributed by atoms with van der Waals surface area (Å²) in [5.74, 6) is -0.413. The number of hydrogen-bond donors (Lipinski definition) is 1. The Kier molecular flexibility index (Phi) is 2.87. The molecule has 1 aromatic rings. The molecule has 0 heterocycles. The van der Waals surface area contributed by atoms with E-state index in [0.29, 0.717) is 17.5 Å². The van der Waals surface area contributed by atoms with E-state index in [1.54, 1.807) is 6.07 Å². The van der Waals surface area contributed by atoms with Crippen LogP contribution in [0, 0.1) is 17.1 Å². The number of nitriles is 1. The van der Waals surface area contributed by atoms with E-state index in [4.69, 9.17) is 11.0 Å². The van der Waals surface area contributed by atoms with Crippen LogP contribution in [0.25, 0.3) is 0 Å². The van der Waals surface area contributed by atoms with Crippen molar-refractivity contribution in [2.75, 3.05) is 0 Å². The van der Waals surface area contributed by atoms with Gasteiger partial charge in [0.15, 0.2) is 0 Å². The first-order valence-electron chi connectivity index (χ1n) is 4.49. The molecule has 1 rings (SSSR count). The van der Waals surface area contributed by atoms with Crippen molar-refractivity contribution >= 4 is 0 Å². The zero-order valence-electron chi connectivity index (χ0n) is 8.34. The molecule has 0 aliphatic rings. The van der Waals surface area contributed by atoms with Crippen LogP contribution in [0.2, 0.25) is 0 Å². The van der Waals surface area contributed by atoms with Crippen LogP contribution in [-0.4, -0.2) is 0 Å². The van der Waals surface area contributed by atoms with Crippen molar-refractivity contribution in [1.82, 2.24) is 0 Å². The molecule has 1 aromatic carbocycles. The predicted molar refractivity (Wildman–Crippen MR) is 52.9 cm³/mol. The van der Waals surface area contributed by atoms with Crippen LogP contribution in [0.4, 0.5) is 4.39 Å². The summed E-state index contributed by atoms with van der Waals surface area (Å²) in [6.07, 6.45) is 0.696. The van der Waals surface area contributed by atoms with Gasteiger partial charge in [-0.15, -0.1) is 0 Å². The molecule has 0 saturated carbocycles. The summed E-state index contributed by atoms with van der Waals surface area (Å²) in [5.41, 5.74) is 6.35. The van der Waals surface area contributed by atoms with Crippen molar-refractivity contribution in [3.05, 3.63) is 35.1 Å². The molecule has 1 unspecified atom stereocenters. The first-order chi connectivity index (χ1) is 6.49. The summed E-state index contributed by atoms with van der Waals surface area (Å²) in [6.45, 7) is 3.75. The lowest BCUT2D eigenvalue weighted by Crippen LogP contribution is -2.32. The first-order valence-corrected chi connectivity index (χ1v) is 4.49.